The number of nitro groups is 1. The fourth-order valence-electron chi connectivity index (χ4n) is 2.53. The topological polar surface area (TPSA) is 162 Å². The van der Waals surface area contributed by atoms with Crippen LogP contribution in [0.1, 0.15) is 10.5 Å². The van der Waals surface area contributed by atoms with E-state index < -0.39 is 10.8 Å². The number of nitrogens with two attached hydrogens (primary N) is 1. The minimum atomic E-state index is -0.692. The van der Waals surface area contributed by atoms with Gasteiger partial charge < -0.3 is 10.5 Å². The van der Waals surface area contributed by atoms with E-state index in [-0.39, 0.29) is 28.1 Å². The van der Waals surface area contributed by atoms with Crippen LogP contribution >= 0.6 is 23.8 Å². The van der Waals surface area contributed by atoms with Gasteiger partial charge in [-0.05, 0) is 42.5 Å². The Morgan fingerprint density at radius 3 is 2.56 bits per heavy atom. The van der Waals surface area contributed by atoms with Crippen molar-refractivity contribution >= 4 is 52.0 Å². The second kappa shape index (κ2) is 9.80. The Bertz CT molecular complexity index is 1210. The molecule has 32 heavy (non-hydrogen) atoms. The van der Waals surface area contributed by atoms with E-state index in [4.69, 9.17) is 22.1 Å². The Balaban J connectivity index is 2.07. The van der Waals surface area contributed by atoms with Crippen LogP contribution in [0, 0.1) is 10.1 Å². The molecule has 0 saturated carbocycles. The maximum absolute atomic E-state index is 12.6. The van der Waals surface area contributed by atoms with Crippen LogP contribution in [0.25, 0.3) is 5.69 Å². The van der Waals surface area contributed by atoms with Crippen LogP contribution in [0.5, 0.6) is 5.75 Å². The Morgan fingerprint density at radius 2 is 1.97 bits per heavy atom. The molecule has 164 valence electrons. The van der Waals surface area contributed by atoms with Crippen molar-refractivity contribution in [1.82, 2.24) is 20.6 Å². The van der Waals surface area contributed by atoms with Gasteiger partial charge in [0.15, 0.2) is 16.6 Å². The summed E-state index contributed by atoms with van der Waals surface area (Å²) in [6.07, 6.45) is 0. The monoisotopic (exact) mass is 474 g/mol. The predicted octanol–water partition coefficient (Wildman–Crippen LogP) is 3.34. The number of nitro benzene ring substituents is 1. The van der Waals surface area contributed by atoms with Gasteiger partial charge in [0.25, 0.3) is 11.6 Å². The number of carbonyl (C=O) groups is 1. The largest absolute Gasteiger partial charge is 0.491 e. The van der Waals surface area contributed by atoms with Gasteiger partial charge >= 0.3 is 0 Å². The molecule has 0 saturated heterocycles. The number of aromatic nitrogens is 2. The first-order valence-corrected chi connectivity index (χ1v) is 9.53. The standard InChI is InChI=1S/C18H15ClN8O4S/c1-31-15-14(17(28)23-24-18(20)32)25-26(13-4-2-3-10(19)9-13)16(15)22-21-11-5-7-12(8-6-11)27(29)30/h2-9H,1H3,(H,23,28)(H3,20,24,32). The molecule has 0 fully saturated rings. The van der Waals surface area contributed by atoms with Crippen molar-refractivity contribution in [3.8, 4) is 11.4 Å². The lowest BCUT2D eigenvalue weighted by molar-refractivity contribution is -0.384. The number of ether oxygens (including phenoxy) is 1. The fraction of sp³-hybridized carbons (Fsp3) is 0.0556. The summed E-state index contributed by atoms with van der Waals surface area (Å²) in [5, 5.41) is 23.6. The summed E-state index contributed by atoms with van der Waals surface area (Å²) in [6, 6.07) is 12.1. The molecule has 0 spiro atoms. The number of rotatable bonds is 6. The summed E-state index contributed by atoms with van der Waals surface area (Å²) in [4.78, 5) is 22.9. The van der Waals surface area contributed by atoms with Crippen molar-refractivity contribution in [3.05, 3.63) is 69.4 Å². The molecule has 0 aliphatic carbocycles. The van der Waals surface area contributed by atoms with E-state index in [9.17, 15) is 14.9 Å². The molecule has 2 aromatic carbocycles. The third kappa shape index (κ3) is 5.14. The van der Waals surface area contributed by atoms with Crippen molar-refractivity contribution in [2.75, 3.05) is 7.11 Å². The van der Waals surface area contributed by atoms with Crippen molar-refractivity contribution in [1.29, 1.82) is 0 Å². The molecular weight excluding hydrogens is 460 g/mol. The number of hydrogen-bond acceptors (Lipinski definition) is 8. The highest BCUT2D eigenvalue weighted by atomic mass is 35.5. The predicted molar refractivity (Wildman–Crippen MR) is 120 cm³/mol. The number of azo groups is 1. The Hall–Kier alpha value is -4.10. The molecule has 1 aromatic heterocycles. The summed E-state index contributed by atoms with van der Waals surface area (Å²) < 4.78 is 6.68. The van der Waals surface area contributed by atoms with Gasteiger partial charge in [0, 0.05) is 17.2 Å². The minimum absolute atomic E-state index is 0.0119. The zero-order valence-corrected chi connectivity index (χ0v) is 17.9. The first kappa shape index (κ1) is 22.6. The first-order valence-electron chi connectivity index (χ1n) is 8.75. The van der Waals surface area contributed by atoms with Gasteiger partial charge in [-0.2, -0.15) is 5.10 Å². The average Bonchev–Trinajstić information content (AvgIpc) is 3.15. The number of nitrogens with zero attached hydrogens (tertiary/aromatic N) is 5. The van der Waals surface area contributed by atoms with Crippen LogP contribution in [-0.2, 0) is 0 Å². The lowest BCUT2D eigenvalue weighted by Gasteiger charge is -2.05. The maximum Gasteiger partial charge on any atom is 0.294 e. The molecular formula is C18H15ClN8O4S. The molecule has 4 N–H and O–H groups in total. The van der Waals surface area contributed by atoms with Crippen LogP contribution in [0.15, 0.2) is 58.8 Å². The summed E-state index contributed by atoms with van der Waals surface area (Å²) in [6.45, 7) is 0. The molecule has 1 heterocycles. The number of carbonyl (C=O) groups excluding carboxylic acids is 1. The number of methoxy groups -OCH3 is 1. The average molecular weight is 475 g/mol. The third-order valence-electron chi connectivity index (χ3n) is 3.91. The van der Waals surface area contributed by atoms with Gasteiger partial charge in [-0.15, -0.1) is 10.2 Å². The molecule has 12 nitrogen and oxygen atoms in total. The molecule has 14 heteroatoms. The van der Waals surface area contributed by atoms with Crippen LogP contribution in [-0.4, -0.2) is 32.8 Å². The van der Waals surface area contributed by atoms with E-state index >= 15 is 0 Å². The Labute approximate surface area is 191 Å². The fourth-order valence-corrected chi connectivity index (χ4v) is 2.77. The number of benzene rings is 2. The number of amides is 1. The lowest BCUT2D eigenvalue weighted by atomic mass is 10.3. The number of non-ortho nitro benzene ring substituents is 1. The van der Waals surface area contributed by atoms with Gasteiger partial charge in [0.05, 0.1) is 23.4 Å². The van der Waals surface area contributed by atoms with Crippen LogP contribution in [0.4, 0.5) is 17.2 Å². The normalized spacial score (nSPS) is 10.7. The Kier molecular flexibility index (Phi) is 6.92. The molecule has 0 radical (unpaired) electrons. The summed E-state index contributed by atoms with van der Waals surface area (Å²) in [5.74, 6) is -0.603. The molecule has 0 aliphatic rings. The van der Waals surface area contributed by atoms with Crippen LogP contribution in [0.3, 0.4) is 0 Å². The van der Waals surface area contributed by atoms with Gasteiger partial charge in [-0.25, -0.2) is 4.68 Å². The van der Waals surface area contributed by atoms with E-state index in [2.05, 4.69) is 38.4 Å². The summed E-state index contributed by atoms with van der Waals surface area (Å²) in [7, 11) is 1.34. The number of hydrogen-bond donors (Lipinski definition) is 3. The highest BCUT2D eigenvalue weighted by Gasteiger charge is 2.25. The summed E-state index contributed by atoms with van der Waals surface area (Å²) in [5.41, 5.74) is 10.5. The van der Waals surface area contributed by atoms with E-state index in [1.807, 2.05) is 0 Å². The molecule has 3 aromatic rings. The van der Waals surface area contributed by atoms with Gasteiger partial charge in [-0.1, -0.05) is 17.7 Å². The third-order valence-corrected chi connectivity index (χ3v) is 4.25. The van der Waals surface area contributed by atoms with Gasteiger partial charge in [0.1, 0.15) is 0 Å². The van der Waals surface area contributed by atoms with Crippen LogP contribution < -0.4 is 21.3 Å². The van der Waals surface area contributed by atoms with Crippen molar-refractivity contribution < 1.29 is 14.5 Å². The molecule has 1 amide bonds. The zero-order valence-electron chi connectivity index (χ0n) is 16.4. The van der Waals surface area contributed by atoms with Crippen molar-refractivity contribution in [3.63, 3.8) is 0 Å². The molecule has 0 bridgehead atoms. The lowest BCUT2D eigenvalue weighted by Crippen LogP contribution is -2.44. The maximum atomic E-state index is 12.6. The van der Waals surface area contributed by atoms with Gasteiger partial charge in [-0.3, -0.25) is 25.8 Å². The molecule has 0 aliphatic heterocycles. The highest BCUT2D eigenvalue weighted by Crippen LogP contribution is 2.35. The van der Waals surface area contributed by atoms with Crippen molar-refractivity contribution in [2.45, 2.75) is 0 Å². The zero-order chi connectivity index (χ0) is 23.3. The van der Waals surface area contributed by atoms with E-state index in [0.29, 0.717) is 16.4 Å². The molecule has 0 unspecified atom stereocenters. The highest BCUT2D eigenvalue weighted by molar-refractivity contribution is 7.80. The number of thiocarbonyl (C=S) groups is 1. The van der Waals surface area contributed by atoms with Crippen molar-refractivity contribution in [2.24, 2.45) is 16.0 Å². The number of nitrogens with one attached hydrogen (secondary N) is 2. The smallest absolute Gasteiger partial charge is 0.294 e. The van der Waals surface area contributed by atoms with E-state index in [0.717, 1.165) is 0 Å². The second-order valence-electron chi connectivity index (χ2n) is 6.01. The van der Waals surface area contributed by atoms with E-state index in [1.165, 1.54) is 36.1 Å². The Morgan fingerprint density at radius 1 is 1.25 bits per heavy atom. The minimum Gasteiger partial charge on any atom is -0.491 e. The summed E-state index contributed by atoms with van der Waals surface area (Å²) >= 11 is 10.8. The molecule has 3 rings (SSSR count). The number of halogens is 1. The quantitative estimate of drug-likeness (QED) is 0.212. The van der Waals surface area contributed by atoms with E-state index in [1.54, 1.807) is 24.3 Å². The second-order valence-corrected chi connectivity index (χ2v) is 6.89. The molecule has 0 atom stereocenters. The first-order chi connectivity index (χ1) is 15.3. The SMILES string of the molecule is COc1c(C(=O)NNC(N)=S)nn(-c2cccc(Cl)c2)c1N=Nc1ccc([N+](=O)[O-])cc1. The van der Waals surface area contributed by atoms with Crippen LogP contribution in [0.2, 0.25) is 5.02 Å². The van der Waals surface area contributed by atoms with Gasteiger partial charge in [0.2, 0.25) is 5.82 Å². The number of hydrazine groups is 1.